The summed E-state index contributed by atoms with van der Waals surface area (Å²) in [6.07, 6.45) is 1.51. The van der Waals surface area contributed by atoms with E-state index in [9.17, 15) is 4.39 Å². The van der Waals surface area contributed by atoms with E-state index in [0.29, 0.717) is 21.8 Å². The summed E-state index contributed by atoms with van der Waals surface area (Å²) in [5.41, 5.74) is 6.99. The van der Waals surface area contributed by atoms with Gasteiger partial charge in [-0.25, -0.2) is 9.37 Å². The summed E-state index contributed by atoms with van der Waals surface area (Å²) in [4.78, 5) is 4.07. The molecule has 1 heterocycles. The van der Waals surface area contributed by atoms with Crippen LogP contribution in [-0.4, -0.2) is 4.98 Å². The lowest BCUT2D eigenvalue weighted by Crippen LogP contribution is -1.94. The summed E-state index contributed by atoms with van der Waals surface area (Å²) in [6, 6.07) is 6.18. The predicted octanol–water partition coefficient (Wildman–Crippen LogP) is 3.67. The molecule has 0 unspecified atom stereocenters. The third-order valence-corrected chi connectivity index (χ3v) is 2.76. The van der Waals surface area contributed by atoms with Crippen LogP contribution >= 0.6 is 15.9 Å². The van der Waals surface area contributed by atoms with Crippen LogP contribution in [0.25, 0.3) is 0 Å². The van der Waals surface area contributed by atoms with Crippen LogP contribution in [0.15, 0.2) is 34.9 Å². The van der Waals surface area contributed by atoms with E-state index in [1.165, 1.54) is 18.3 Å². The maximum atomic E-state index is 13.0. The average Bonchev–Trinajstić information content (AvgIpc) is 2.27. The number of nitrogen functional groups attached to an aromatic ring is 1. The Morgan fingerprint density at radius 1 is 1.35 bits per heavy atom. The minimum Gasteiger partial charge on any atom is -0.439 e. The van der Waals surface area contributed by atoms with Gasteiger partial charge in [-0.15, -0.1) is 0 Å². The number of ether oxygens (including phenoxy) is 1. The highest BCUT2D eigenvalue weighted by atomic mass is 79.9. The number of nitrogens with zero attached hydrogens (tertiary/aromatic N) is 1. The summed E-state index contributed by atoms with van der Waals surface area (Å²) in [5, 5.41) is 0. The van der Waals surface area contributed by atoms with Gasteiger partial charge < -0.3 is 10.5 Å². The van der Waals surface area contributed by atoms with Gasteiger partial charge in [-0.1, -0.05) is 0 Å². The zero-order valence-corrected chi connectivity index (χ0v) is 10.7. The molecule has 88 valence electrons. The van der Waals surface area contributed by atoms with Gasteiger partial charge in [0.05, 0.1) is 16.4 Å². The fourth-order valence-electron chi connectivity index (χ4n) is 1.34. The molecule has 0 aliphatic carbocycles. The molecule has 0 saturated carbocycles. The van der Waals surface area contributed by atoms with E-state index in [-0.39, 0.29) is 5.82 Å². The van der Waals surface area contributed by atoms with Gasteiger partial charge in [-0.2, -0.15) is 0 Å². The van der Waals surface area contributed by atoms with Gasteiger partial charge in [0.25, 0.3) is 0 Å². The van der Waals surface area contributed by atoms with Crippen LogP contribution < -0.4 is 10.5 Å². The first kappa shape index (κ1) is 11.9. The Labute approximate surface area is 107 Å². The summed E-state index contributed by atoms with van der Waals surface area (Å²) in [5.74, 6) is 0.635. The largest absolute Gasteiger partial charge is 0.439 e. The Kier molecular flexibility index (Phi) is 3.28. The first-order chi connectivity index (χ1) is 8.06. The average molecular weight is 297 g/mol. The number of halogens is 2. The molecule has 0 spiro atoms. The van der Waals surface area contributed by atoms with Gasteiger partial charge in [0.2, 0.25) is 5.88 Å². The quantitative estimate of drug-likeness (QED) is 0.920. The van der Waals surface area contributed by atoms with Crippen LogP contribution in [0.1, 0.15) is 5.56 Å². The van der Waals surface area contributed by atoms with Gasteiger partial charge in [0.1, 0.15) is 11.6 Å². The van der Waals surface area contributed by atoms with Crippen LogP contribution in [0.5, 0.6) is 11.6 Å². The Balaban J connectivity index is 2.28. The topological polar surface area (TPSA) is 48.1 Å². The molecular weight excluding hydrogens is 287 g/mol. The van der Waals surface area contributed by atoms with Crippen LogP contribution in [0.3, 0.4) is 0 Å². The van der Waals surface area contributed by atoms with Gasteiger partial charge in [-0.3, -0.25) is 0 Å². The standard InChI is InChI=1S/C12H10BrFN2O/c1-7-4-8(15)6-16-12(7)17-9-2-3-11(14)10(13)5-9/h2-6H,15H2,1H3. The summed E-state index contributed by atoms with van der Waals surface area (Å²) in [7, 11) is 0. The Bertz CT molecular complexity index is 560. The zero-order valence-electron chi connectivity index (χ0n) is 9.08. The summed E-state index contributed by atoms with van der Waals surface area (Å²) >= 11 is 3.09. The number of aryl methyl sites for hydroxylation is 1. The normalized spacial score (nSPS) is 10.3. The molecule has 0 saturated heterocycles. The van der Waals surface area contributed by atoms with E-state index in [4.69, 9.17) is 10.5 Å². The number of benzene rings is 1. The van der Waals surface area contributed by atoms with E-state index in [1.807, 2.05) is 6.92 Å². The van der Waals surface area contributed by atoms with Crippen LogP contribution in [0, 0.1) is 12.7 Å². The molecule has 0 bridgehead atoms. The minimum atomic E-state index is -0.334. The molecule has 5 heteroatoms. The molecular formula is C12H10BrFN2O. The molecule has 17 heavy (non-hydrogen) atoms. The van der Waals surface area contributed by atoms with E-state index < -0.39 is 0 Å². The summed E-state index contributed by atoms with van der Waals surface area (Å²) in [6.45, 7) is 1.84. The van der Waals surface area contributed by atoms with Crippen molar-refractivity contribution in [1.29, 1.82) is 0 Å². The van der Waals surface area contributed by atoms with Crippen LogP contribution in [0.4, 0.5) is 10.1 Å². The number of pyridine rings is 1. The second-order valence-electron chi connectivity index (χ2n) is 3.57. The van der Waals surface area contributed by atoms with Crippen LogP contribution in [0.2, 0.25) is 0 Å². The molecule has 0 amide bonds. The number of hydrogen-bond donors (Lipinski definition) is 1. The first-order valence-electron chi connectivity index (χ1n) is 4.91. The van der Waals surface area contributed by atoms with Crippen molar-refractivity contribution >= 4 is 21.6 Å². The van der Waals surface area contributed by atoms with Crippen molar-refractivity contribution in [3.05, 3.63) is 46.3 Å². The van der Waals surface area contributed by atoms with E-state index in [1.54, 1.807) is 12.1 Å². The fraction of sp³-hybridized carbons (Fsp3) is 0.0833. The second-order valence-corrected chi connectivity index (χ2v) is 4.42. The predicted molar refractivity (Wildman–Crippen MR) is 67.6 cm³/mol. The SMILES string of the molecule is Cc1cc(N)cnc1Oc1ccc(F)c(Br)c1. The first-order valence-corrected chi connectivity index (χ1v) is 5.70. The molecule has 0 atom stereocenters. The van der Waals surface area contributed by atoms with Crippen molar-refractivity contribution in [2.24, 2.45) is 0 Å². The molecule has 2 aromatic rings. The van der Waals surface area contributed by atoms with Crippen molar-refractivity contribution in [2.75, 3.05) is 5.73 Å². The van der Waals surface area contributed by atoms with E-state index in [2.05, 4.69) is 20.9 Å². The Hall–Kier alpha value is -1.62. The number of nitrogens with two attached hydrogens (primary N) is 1. The van der Waals surface area contributed by atoms with Gasteiger partial charge in [0, 0.05) is 5.56 Å². The van der Waals surface area contributed by atoms with Crippen LogP contribution in [-0.2, 0) is 0 Å². The van der Waals surface area contributed by atoms with Gasteiger partial charge >= 0.3 is 0 Å². The van der Waals surface area contributed by atoms with E-state index >= 15 is 0 Å². The molecule has 2 N–H and O–H groups in total. The molecule has 1 aromatic heterocycles. The van der Waals surface area contributed by atoms with Crippen molar-refractivity contribution in [3.63, 3.8) is 0 Å². The maximum Gasteiger partial charge on any atom is 0.222 e. The van der Waals surface area contributed by atoms with Crippen molar-refractivity contribution in [2.45, 2.75) is 6.92 Å². The van der Waals surface area contributed by atoms with Crippen molar-refractivity contribution < 1.29 is 9.13 Å². The number of anilines is 1. The summed E-state index contributed by atoms with van der Waals surface area (Å²) < 4.78 is 18.9. The molecule has 0 aliphatic rings. The third-order valence-electron chi connectivity index (χ3n) is 2.16. The number of hydrogen-bond acceptors (Lipinski definition) is 3. The number of rotatable bonds is 2. The fourth-order valence-corrected chi connectivity index (χ4v) is 1.70. The molecule has 3 nitrogen and oxygen atoms in total. The lowest BCUT2D eigenvalue weighted by molar-refractivity contribution is 0.457. The lowest BCUT2D eigenvalue weighted by Gasteiger charge is -2.08. The Morgan fingerprint density at radius 2 is 2.12 bits per heavy atom. The maximum absolute atomic E-state index is 13.0. The van der Waals surface area contributed by atoms with Crippen molar-refractivity contribution in [3.8, 4) is 11.6 Å². The highest BCUT2D eigenvalue weighted by Gasteiger charge is 2.06. The highest BCUT2D eigenvalue weighted by Crippen LogP contribution is 2.27. The highest BCUT2D eigenvalue weighted by molar-refractivity contribution is 9.10. The third kappa shape index (κ3) is 2.74. The molecule has 1 aromatic carbocycles. The molecule has 0 radical (unpaired) electrons. The Morgan fingerprint density at radius 3 is 2.76 bits per heavy atom. The zero-order chi connectivity index (χ0) is 12.4. The smallest absolute Gasteiger partial charge is 0.222 e. The van der Waals surface area contributed by atoms with Gasteiger partial charge in [0.15, 0.2) is 0 Å². The monoisotopic (exact) mass is 296 g/mol. The van der Waals surface area contributed by atoms with Gasteiger partial charge in [-0.05, 0) is 47.1 Å². The number of aromatic nitrogens is 1. The minimum absolute atomic E-state index is 0.334. The molecule has 2 rings (SSSR count). The second kappa shape index (κ2) is 4.71. The lowest BCUT2D eigenvalue weighted by atomic mass is 10.3. The van der Waals surface area contributed by atoms with Crippen molar-refractivity contribution in [1.82, 2.24) is 4.98 Å². The molecule has 0 fully saturated rings. The molecule has 0 aliphatic heterocycles. The van der Waals surface area contributed by atoms with E-state index in [0.717, 1.165) is 5.56 Å².